The van der Waals surface area contributed by atoms with Gasteiger partial charge in [0, 0.05) is 12.1 Å². The molecular formula is C23H37BN4O3. The first-order valence-corrected chi connectivity index (χ1v) is 11.5. The van der Waals surface area contributed by atoms with Gasteiger partial charge in [-0.2, -0.15) is 0 Å². The Bertz CT molecular complexity index is 766. The summed E-state index contributed by atoms with van der Waals surface area (Å²) < 4.78 is 0. The molecule has 0 heterocycles. The second-order valence-corrected chi connectivity index (χ2v) is 9.82. The smallest absolute Gasteiger partial charge is 0.426 e. The lowest BCUT2D eigenvalue weighted by atomic mass is 9.49. The molecule has 3 fully saturated rings. The van der Waals surface area contributed by atoms with Gasteiger partial charge in [-0.1, -0.05) is 26.0 Å². The van der Waals surface area contributed by atoms with E-state index in [0.29, 0.717) is 30.4 Å². The number of fused-ring (bicyclic) bond motifs is 3. The van der Waals surface area contributed by atoms with Gasteiger partial charge in [0.25, 0.3) is 5.91 Å². The number of amides is 1. The van der Waals surface area contributed by atoms with Crippen molar-refractivity contribution in [2.24, 2.45) is 27.8 Å². The highest BCUT2D eigenvalue weighted by atomic mass is 16.4. The third kappa shape index (κ3) is 5.23. The number of nitrogens with one attached hydrogen (secondary N) is 1. The minimum atomic E-state index is -1.65. The molecule has 1 amide bonds. The Balaban J connectivity index is 1.60. The molecule has 170 valence electrons. The minimum absolute atomic E-state index is 0.00415. The van der Waals surface area contributed by atoms with E-state index in [0.717, 1.165) is 5.92 Å². The number of hydrogen-bond donors (Lipinski definition) is 5. The van der Waals surface area contributed by atoms with E-state index in [1.165, 1.54) is 44.1 Å². The van der Waals surface area contributed by atoms with E-state index in [9.17, 15) is 14.8 Å². The van der Waals surface area contributed by atoms with E-state index < -0.39 is 13.1 Å². The number of carbonyl (C=O) groups is 1. The van der Waals surface area contributed by atoms with Gasteiger partial charge >= 0.3 is 7.12 Å². The fourth-order valence-electron chi connectivity index (χ4n) is 5.56. The molecule has 7 N–H and O–H groups in total. The highest BCUT2D eigenvalue weighted by Gasteiger charge is 2.50. The average molecular weight is 428 g/mol. The molecule has 4 rings (SSSR count). The summed E-state index contributed by atoms with van der Waals surface area (Å²) in [6.07, 6.45) is 8.45. The van der Waals surface area contributed by atoms with Crippen LogP contribution in [0.25, 0.3) is 0 Å². The van der Waals surface area contributed by atoms with Gasteiger partial charge in [0.05, 0.1) is 5.94 Å². The van der Waals surface area contributed by atoms with Crippen LogP contribution in [-0.2, 0) is 5.41 Å². The molecule has 2 bridgehead atoms. The van der Waals surface area contributed by atoms with Crippen molar-refractivity contribution in [1.82, 2.24) is 5.32 Å². The zero-order valence-corrected chi connectivity index (χ0v) is 18.8. The molecule has 3 saturated carbocycles. The van der Waals surface area contributed by atoms with Crippen molar-refractivity contribution in [3.8, 4) is 0 Å². The van der Waals surface area contributed by atoms with Crippen molar-refractivity contribution in [3.63, 3.8) is 0 Å². The van der Waals surface area contributed by atoms with Crippen LogP contribution in [0.4, 0.5) is 0 Å². The average Bonchev–Trinajstić information content (AvgIpc) is 2.76. The van der Waals surface area contributed by atoms with Gasteiger partial charge in [-0.3, -0.25) is 9.79 Å². The van der Waals surface area contributed by atoms with E-state index in [1.54, 1.807) is 0 Å². The highest BCUT2D eigenvalue weighted by Crippen LogP contribution is 2.60. The minimum Gasteiger partial charge on any atom is -0.426 e. The Labute approximate surface area is 185 Å². The molecule has 0 unspecified atom stereocenters. The number of nitrogens with two attached hydrogens (primary N) is 2. The third-order valence-electron chi connectivity index (χ3n) is 7.93. The van der Waals surface area contributed by atoms with Crippen molar-refractivity contribution in [2.45, 2.75) is 76.6 Å². The molecule has 0 aliphatic heterocycles. The standard InChI is InChI=1S/C23H37BN4O3/c1-16(2)22-9-12-23(13-10-22,14-11-22)18-7-5-17(6-8-18)20(29)28-19(24(30)31)4-3-15-27-21(25)26/h5-8,16,19,30-31H,3-4,9-15H2,1-2H3,(H,28,29)(H4,25,26,27)/t19-,22?,23?/m0/s1. The second kappa shape index (κ2) is 9.61. The number of carbonyl (C=O) groups excluding carboxylic acids is 1. The first-order chi connectivity index (χ1) is 14.7. The highest BCUT2D eigenvalue weighted by molar-refractivity contribution is 6.43. The summed E-state index contributed by atoms with van der Waals surface area (Å²) >= 11 is 0. The summed E-state index contributed by atoms with van der Waals surface area (Å²) in [5.41, 5.74) is 13.2. The predicted molar refractivity (Wildman–Crippen MR) is 124 cm³/mol. The number of aliphatic imine (C=N–C) groups is 1. The van der Waals surface area contributed by atoms with Gasteiger partial charge in [0.2, 0.25) is 0 Å². The van der Waals surface area contributed by atoms with Gasteiger partial charge < -0.3 is 26.8 Å². The van der Waals surface area contributed by atoms with Crippen molar-refractivity contribution in [1.29, 1.82) is 0 Å². The van der Waals surface area contributed by atoms with Crippen LogP contribution in [0, 0.1) is 11.3 Å². The Morgan fingerprint density at radius 3 is 2.16 bits per heavy atom. The summed E-state index contributed by atoms with van der Waals surface area (Å²) in [4.78, 5) is 16.5. The van der Waals surface area contributed by atoms with Crippen molar-refractivity contribution in [3.05, 3.63) is 35.4 Å². The van der Waals surface area contributed by atoms with E-state index in [1.807, 2.05) is 12.1 Å². The van der Waals surface area contributed by atoms with E-state index in [-0.39, 0.29) is 17.3 Å². The maximum atomic E-state index is 12.7. The van der Waals surface area contributed by atoms with Crippen LogP contribution < -0.4 is 16.8 Å². The van der Waals surface area contributed by atoms with Crippen LogP contribution in [-0.4, -0.2) is 41.5 Å². The molecule has 1 aromatic rings. The van der Waals surface area contributed by atoms with Gasteiger partial charge in [-0.15, -0.1) is 0 Å². The van der Waals surface area contributed by atoms with Crippen LogP contribution in [0.3, 0.4) is 0 Å². The molecule has 1 aromatic carbocycles. The SMILES string of the molecule is CC(C)C12CCC(c3ccc(C(=O)N[C@@H](CCCN=C(N)N)B(O)O)cc3)(CC1)CC2. The lowest BCUT2D eigenvalue weighted by molar-refractivity contribution is 0.00186. The number of nitrogens with zero attached hydrogens (tertiary/aromatic N) is 1. The first-order valence-electron chi connectivity index (χ1n) is 11.5. The van der Waals surface area contributed by atoms with Crippen molar-refractivity contribution < 1.29 is 14.8 Å². The maximum absolute atomic E-state index is 12.7. The van der Waals surface area contributed by atoms with Crippen molar-refractivity contribution >= 4 is 19.0 Å². The quantitative estimate of drug-likeness (QED) is 0.178. The summed E-state index contributed by atoms with van der Waals surface area (Å²) in [6, 6.07) is 7.90. The fraction of sp³-hybridized carbons (Fsp3) is 0.652. The summed E-state index contributed by atoms with van der Waals surface area (Å²) in [5.74, 6) is -0.349. The van der Waals surface area contributed by atoms with Crippen LogP contribution in [0.15, 0.2) is 29.3 Å². The summed E-state index contributed by atoms with van der Waals surface area (Å²) in [5, 5.41) is 22.0. The molecule has 1 atom stereocenters. The van der Waals surface area contributed by atoms with E-state index >= 15 is 0 Å². The lowest BCUT2D eigenvalue weighted by Gasteiger charge is -2.56. The Morgan fingerprint density at radius 1 is 1.10 bits per heavy atom. The molecule has 7 nitrogen and oxygen atoms in total. The molecule has 31 heavy (non-hydrogen) atoms. The van der Waals surface area contributed by atoms with E-state index in [2.05, 4.69) is 36.3 Å². The molecule has 0 spiro atoms. The van der Waals surface area contributed by atoms with Crippen LogP contribution >= 0.6 is 0 Å². The molecule has 0 saturated heterocycles. The molecule has 0 aromatic heterocycles. The van der Waals surface area contributed by atoms with Gasteiger partial charge in [-0.05, 0) is 85.8 Å². The van der Waals surface area contributed by atoms with Crippen LogP contribution in [0.2, 0.25) is 0 Å². The van der Waals surface area contributed by atoms with Gasteiger partial charge in [0.1, 0.15) is 0 Å². The number of guanidine groups is 1. The second-order valence-electron chi connectivity index (χ2n) is 9.82. The fourth-order valence-corrected chi connectivity index (χ4v) is 5.56. The zero-order chi connectivity index (χ0) is 22.6. The Morgan fingerprint density at radius 2 is 1.68 bits per heavy atom. The molecule has 0 radical (unpaired) electrons. The third-order valence-corrected chi connectivity index (χ3v) is 7.93. The molecular weight excluding hydrogens is 391 g/mol. The lowest BCUT2D eigenvalue weighted by Crippen LogP contribution is -2.47. The summed E-state index contributed by atoms with van der Waals surface area (Å²) in [7, 11) is -1.65. The largest absolute Gasteiger partial charge is 0.475 e. The summed E-state index contributed by atoms with van der Waals surface area (Å²) in [6.45, 7) is 5.10. The Kier molecular flexibility index (Phi) is 7.32. The van der Waals surface area contributed by atoms with Gasteiger partial charge in [-0.25, -0.2) is 0 Å². The number of rotatable bonds is 9. The van der Waals surface area contributed by atoms with Gasteiger partial charge in [0.15, 0.2) is 5.96 Å². The maximum Gasteiger partial charge on any atom is 0.475 e. The zero-order valence-electron chi connectivity index (χ0n) is 18.8. The number of benzene rings is 1. The van der Waals surface area contributed by atoms with Crippen LogP contribution in [0.1, 0.15) is 81.1 Å². The van der Waals surface area contributed by atoms with Crippen molar-refractivity contribution in [2.75, 3.05) is 6.54 Å². The number of hydrogen-bond acceptors (Lipinski definition) is 4. The molecule has 8 heteroatoms. The first kappa shape index (κ1) is 23.6. The Hall–Kier alpha value is -2.06. The van der Waals surface area contributed by atoms with E-state index in [4.69, 9.17) is 11.5 Å². The predicted octanol–water partition coefficient (Wildman–Crippen LogP) is 2.10. The molecule has 3 aliphatic rings. The monoisotopic (exact) mass is 428 g/mol. The topological polar surface area (TPSA) is 134 Å². The van der Waals surface area contributed by atoms with Crippen LogP contribution in [0.5, 0.6) is 0 Å². The normalized spacial score (nSPS) is 25.8. The molecule has 3 aliphatic carbocycles.